The zero-order chi connectivity index (χ0) is 12.3. The molecule has 0 aromatic carbocycles. The van der Waals surface area contributed by atoms with Crippen LogP contribution in [0.25, 0.3) is 0 Å². The first-order valence-electron chi connectivity index (χ1n) is 6.46. The Balaban J connectivity index is 1.99. The second-order valence-electron chi connectivity index (χ2n) is 5.02. The van der Waals surface area contributed by atoms with Gasteiger partial charge in [-0.25, -0.2) is 0 Å². The predicted octanol–water partition coefficient (Wildman–Crippen LogP) is 1.79. The van der Waals surface area contributed by atoms with Gasteiger partial charge in [-0.2, -0.15) is 5.10 Å². The Kier molecular flexibility index (Phi) is 3.94. The van der Waals surface area contributed by atoms with Crippen molar-refractivity contribution in [3.8, 4) is 0 Å². The third-order valence-electron chi connectivity index (χ3n) is 3.49. The van der Waals surface area contributed by atoms with Gasteiger partial charge < -0.3 is 10.2 Å². The van der Waals surface area contributed by atoms with E-state index in [1.807, 2.05) is 7.05 Å². The Morgan fingerprint density at radius 2 is 1.94 bits per heavy atom. The minimum absolute atomic E-state index is 0.451. The van der Waals surface area contributed by atoms with Gasteiger partial charge in [0.15, 0.2) is 5.82 Å². The fraction of sp³-hybridized carbons (Fsp3) is 0.692. The van der Waals surface area contributed by atoms with Crippen molar-refractivity contribution in [3.63, 3.8) is 0 Å². The molecule has 17 heavy (non-hydrogen) atoms. The van der Waals surface area contributed by atoms with Crippen LogP contribution in [-0.2, 0) is 0 Å². The van der Waals surface area contributed by atoms with Gasteiger partial charge in [-0.15, -0.1) is 5.10 Å². The quantitative estimate of drug-likeness (QED) is 0.865. The van der Waals surface area contributed by atoms with Gasteiger partial charge in [0, 0.05) is 19.1 Å². The van der Waals surface area contributed by atoms with Crippen molar-refractivity contribution in [2.45, 2.75) is 38.6 Å². The molecule has 0 radical (unpaired) electrons. The maximum atomic E-state index is 4.33. The number of hydrogen-bond donors (Lipinski definition) is 1. The summed E-state index contributed by atoms with van der Waals surface area (Å²) in [5, 5.41) is 12.0. The lowest BCUT2D eigenvalue weighted by Crippen LogP contribution is -2.41. The third kappa shape index (κ3) is 2.94. The minimum atomic E-state index is 0.451. The Morgan fingerprint density at radius 1 is 1.24 bits per heavy atom. The molecule has 0 atom stereocenters. The highest BCUT2D eigenvalue weighted by Gasteiger charge is 2.18. The number of rotatable bonds is 3. The topological polar surface area (TPSA) is 41.0 Å². The SMILES string of the molecule is CNC1CCN(c2ccc(C(C)C)nn2)CC1. The molecular formula is C13H22N4. The monoisotopic (exact) mass is 234 g/mol. The molecule has 1 aromatic heterocycles. The standard InChI is InChI=1S/C13H22N4/c1-10(2)12-4-5-13(16-15-12)17-8-6-11(14-3)7-9-17/h4-5,10-11,14H,6-9H2,1-3H3. The summed E-state index contributed by atoms with van der Waals surface area (Å²) >= 11 is 0. The molecule has 0 aliphatic carbocycles. The van der Waals surface area contributed by atoms with Crippen molar-refractivity contribution in [1.29, 1.82) is 0 Å². The third-order valence-corrected chi connectivity index (χ3v) is 3.49. The summed E-state index contributed by atoms with van der Waals surface area (Å²) in [6.45, 7) is 6.42. The van der Waals surface area contributed by atoms with Gasteiger partial charge >= 0.3 is 0 Å². The van der Waals surface area contributed by atoms with Crippen LogP contribution in [0.3, 0.4) is 0 Å². The van der Waals surface area contributed by atoms with Crippen molar-refractivity contribution in [1.82, 2.24) is 15.5 Å². The molecule has 1 aromatic rings. The zero-order valence-corrected chi connectivity index (χ0v) is 11.0. The van der Waals surface area contributed by atoms with Crippen molar-refractivity contribution in [2.24, 2.45) is 0 Å². The first-order chi connectivity index (χ1) is 8.20. The molecule has 0 saturated carbocycles. The first-order valence-corrected chi connectivity index (χ1v) is 6.46. The van der Waals surface area contributed by atoms with E-state index in [0.29, 0.717) is 12.0 Å². The summed E-state index contributed by atoms with van der Waals surface area (Å²) in [5.74, 6) is 1.47. The van der Waals surface area contributed by atoms with Gasteiger partial charge in [0.2, 0.25) is 0 Å². The summed E-state index contributed by atoms with van der Waals surface area (Å²) in [5.41, 5.74) is 1.07. The summed E-state index contributed by atoms with van der Waals surface area (Å²) in [6, 6.07) is 4.85. The van der Waals surface area contributed by atoms with Crippen LogP contribution in [0, 0.1) is 0 Å². The molecule has 1 saturated heterocycles. The van der Waals surface area contributed by atoms with Crippen LogP contribution in [0.5, 0.6) is 0 Å². The van der Waals surface area contributed by atoms with Crippen LogP contribution in [0.4, 0.5) is 5.82 Å². The Bertz CT molecular complexity index is 339. The summed E-state index contributed by atoms with van der Waals surface area (Å²) in [7, 11) is 2.04. The average Bonchev–Trinajstić information content (AvgIpc) is 2.39. The highest BCUT2D eigenvalue weighted by Crippen LogP contribution is 2.18. The molecule has 2 heterocycles. The van der Waals surface area contributed by atoms with E-state index in [9.17, 15) is 0 Å². The second kappa shape index (κ2) is 5.45. The predicted molar refractivity (Wildman–Crippen MR) is 70.4 cm³/mol. The first kappa shape index (κ1) is 12.3. The molecule has 2 rings (SSSR count). The van der Waals surface area contributed by atoms with Gasteiger partial charge in [-0.05, 0) is 37.9 Å². The fourth-order valence-electron chi connectivity index (χ4n) is 2.21. The van der Waals surface area contributed by atoms with Crippen LogP contribution in [0.2, 0.25) is 0 Å². The van der Waals surface area contributed by atoms with E-state index in [0.717, 1.165) is 24.6 Å². The summed E-state index contributed by atoms with van der Waals surface area (Å²) in [6.07, 6.45) is 2.37. The van der Waals surface area contributed by atoms with Crippen molar-refractivity contribution >= 4 is 5.82 Å². The lowest BCUT2D eigenvalue weighted by atomic mass is 10.1. The van der Waals surface area contributed by atoms with Crippen LogP contribution in [0.1, 0.15) is 38.3 Å². The molecule has 94 valence electrons. The highest BCUT2D eigenvalue weighted by atomic mass is 15.3. The van der Waals surface area contributed by atoms with Crippen LogP contribution < -0.4 is 10.2 Å². The van der Waals surface area contributed by atoms with E-state index in [4.69, 9.17) is 0 Å². The summed E-state index contributed by atoms with van der Waals surface area (Å²) < 4.78 is 0. The van der Waals surface area contributed by atoms with E-state index in [2.05, 4.69) is 46.4 Å². The largest absolute Gasteiger partial charge is 0.355 e. The molecule has 0 unspecified atom stereocenters. The maximum Gasteiger partial charge on any atom is 0.151 e. The van der Waals surface area contributed by atoms with E-state index in [-0.39, 0.29) is 0 Å². The number of piperidine rings is 1. The smallest absolute Gasteiger partial charge is 0.151 e. The lowest BCUT2D eigenvalue weighted by Gasteiger charge is -2.32. The fourth-order valence-corrected chi connectivity index (χ4v) is 2.21. The maximum absolute atomic E-state index is 4.33. The minimum Gasteiger partial charge on any atom is -0.355 e. The van der Waals surface area contributed by atoms with Gasteiger partial charge in [0.1, 0.15) is 0 Å². The number of nitrogens with zero attached hydrogens (tertiary/aromatic N) is 3. The van der Waals surface area contributed by atoms with Crippen molar-refractivity contribution < 1.29 is 0 Å². The molecule has 1 fully saturated rings. The second-order valence-corrected chi connectivity index (χ2v) is 5.02. The molecule has 0 spiro atoms. The normalized spacial score (nSPS) is 17.8. The number of hydrogen-bond acceptors (Lipinski definition) is 4. The Hall–Kier alpha value is -1.16. The molecule has 0 amide bonds. The van der Waals surface area contributed by atoms with Gasteiger partial charge in [-0.1, -0.05) is 13.8 Å². The number of anilines is 1. The van der Waals surface area contributed by atoms with Crippen molar-refractivity contribution in [3.05, 3.63) is 17.8 Å². The Labute approximate surface area is 103 Å². The van der Waals surface area contributed by atoms with Crippen LogP contribution in [0.15, 0.2) is 12.1 Å². The summed E-state index contributed by atoms with van der Waals surface area (Å²) in [4.78, 5) is 2.32. The average molecular weight is 234 g/mol. The van der Waals surface area contributed by atoms with E-state index in [1.54, 1.807) is 0 Å². The molecule has 1 N–H and O–H groups in total. The molecule has 1 aliphatic heterocycles. The van der Waals surface area contributed by atoms with Gasteiger partial charge in [0.05, 0.1) is 5.69 Å². The lowest BCUT2D eigenvalue weighted by molar-refractivity contribution is 0.440. The van der Waals surface area contributed by atoms with Gasteiger partial charge in [0.25, 0.3) is 0 Å². The number of aromatic nitrogens is 2. The number of nitrogens with one attached hydrogen (secondary N) is 1. The highest BCUT2D eigenvalue weighted by molar-refractivity contribution is 5.38. The van der Waals surface area contributed by atoms with Crippen LogP contribution >= 0.6 is 0 Å². The van der Waals surface area contributed by atoms with Crippen LogP contribution in [-0.4, -0.2) is 36.4 Å². The molecule has 4 heteroatoms. The molecule has 1 aliphatic rings. The molecule has 0 bridgehead atoms. The zero-order valence-electron chi connectivity index (χ0n) is 11.0. The van der Waals surface area contributed by atoms with Gasteiger partial charge in [-0.3, -0.25) is 0 Å². The van der Waals surface area contributed by atoms with E-state index < -0.39 is 0 Å². The Morgan fingerprint density at radius 3 is 2.41 bits per heavy atom. The van der Waals surface area contributed by atoms with Crippen molar-refractivity contribution in [2.75, 3.05) is 25.0 Å². The molecular weight excluding hydrogens is 212 g/mol. The van der Waals surface area contributed by atoms with E-state index in [1.165, 1.54) is 12.8 Å². The van der Waals surface area contributed by atoms with E-state index >= 15 is 0 Å². The molecule has 4 nitrogen and oxygen atoms in total.